The second kappa shape index (κ2) is 7.23. The molecule has 1 aliphatic rings. The minimum absolute atomic E-state index is 0.0437. The fraction of sp³-hybridized carbons (Fsp3) is 0.263. The van der Waals surface area contributed by atoms with Gasteiger partial charge in [0.05, 0.1) is 10.9 Å². The fourth-order valence-corrected chi connectivity index (χ4v) is 3.10. The largest absolute Gasteiger partial charge is 0.352 e. The van der Waals surface area contributed by atoms with Crippen LogP contribution in [-0.4, -0.2) is 18.4 Å². The summed E-state index contributed by atoms with van der Waals surface area (Å²) in [6, 6.07) is 11.9. The average Bonchev–Trinajstić information content (AvgIpc) is 2.98. The zero-order valence-electron chi connectivity index (χ0n) is 13.8. The van der Waals surface area contributed by atoms with Crippen LogP contribution in [0, 0.1) is 18.7 Å². The van der Waals surface area contributed by atoms with E-state index >= 15 is 0 Å². The highest BCUT2D eigenvalue weighted by Crippen LogP contribution is 2.28. The number of nitrogens with one attached hydrogen (secondary N) is 1. The van der Waals surface area contributed by atoms with Crippen molar-refractivity contribution < 1.29 is 14.0 Å². The van der Waals surface area contributed by atoms with Gasteiger partial charge in [-0.05, 0) is 36.2 Å². The molecule has 1 N–H and O–H groups in total. The van der Waals surface area contributed by atoms with Crippen molar-refractivity contribution in [2.75, 3.05) is 11.4 Å². The van der Waals surface area contributed by atoms with Gasteiger partial charge in [0.25, 0.3) is 0 Å². The number of halogens is 2. The summed E-state index contributed by atoms with van der Waals surface area (Å²) in [6.45, 7) is 2.68. The lowest BCUT2D eigenvalue weighted by molar-refractivity contribution is -0.126. The Hall–Kier alpha value is -2.40. The second-order valence-electron chi connectivity index (χ2n) is 6.15. The summed E-state index contributed by atoms with van der Waals surface area (Å²) in [5.74, 6) is -1.30. The second-order valence-corrected chi connectivity index (χ2v) is 6.56. The summed E-state index contributed by atoms with van der Waals surface area (Å²) in [5.41, 5.74) is 2.65. The molecular formula is C19H18ClFN2O2. The predicted molar refractivity (Wildman–Crippen MR) is 94.9 cm³/mol. The molecule has 2 aromatic rings. The van der Waals surface area contributed by atoms with Gasteiger partial charge < -0.3 is 10.2 Å². The van der Waals surface area contributed by atoms with E-state index in [0.29, 0.717) is 12.2 Å². The number of anilines is 1. The molecule has 0 radical (unpaired) electrons. The molecule has 0 aliphatic carbocycles. The maximum absolute atomic E-state index is 13.3. The molecule has 2 aromatic carbocycles. The third-order valence-corrected chi connectivity index (χ3v) is 4.71. The number of nitrogens with zero attached hydrogens (tertiary/aromatic N) is 1. The molecule has 3 rings (SSSR count). The smallest absolute Gasteiger partial charge is 0.227 e. The van der Waals surface area contributed by atoms with E-state index < -0.39 is 11.7 Å². The van der Waals surface area contributed by atoms with Crippen molar-refractivity contribution in [3.05, 3.63) is 64.4 Å². The first kappa shape index (κ1) is 17.4. The molecule has 130 valence electrons. The number of hydrogen-bond acceptors (Lipinski definition) is 2. The maximum atomic E-state index is 13.3. The molecule has 25 heavy (non-hydrogen) atoms. The average molecular weight is 361 g/mol. The number of hydrogen-bond donors (Lipinski definition) is 1. The van der Waals surface area contributed by atoms with E-state index in [4.69, 9.17) is 11.6 Å². The molecule has 0 aromatic heterocycles. The summed E-state index contributed by atoms with van der Waals surface area (Å²) in [7, 11) is 0. The number of carbonyl (C=O) groups is 2. The van der Waals surface area contributed by atoms with Crippen LogP contribution in [-0.2, 0) is 16.1 Å². The van der Waals surface area contributed by atoms with Crippen LogP contribution in [0.15, 0.2) is 42.5 Å². The molecule has 0 bridgehead atoms. The highest BCUT2D eigenvalue weighted by molar-refractivity contribution is 6.31. The zero-order chi connectivity index (χ0) is 18.0. The van der Waals surface area contributed by atoms with Gasteiger partial charge in [-0.15, -0.1) is 0 Å². The first-order valence-corrected chi connectivity index (χ1v) is 8.41. The lowest BCUT2D eigenvalue weighted by atomic mass is 10.1. The molecule has 2 amide bonds. The minimum atomic E-state index is -0.537. The molecule has 1 unspecified atom stereocenters. The van der Waals surface area contributed by atoms with Gasteiger partial charge in [0.1, 0.15) is 5.82 Å². The van der Waals surface area contributed by atoms with E-state index in [9.17, 15) is 14.0 Å². The monoisotopic (exact) mass is 360 g/mol. The number of benzene rings is 2. The van der Waals surface area contributed by atoms with E-state index in [1.807, 2.05) is 31.2 Å². The minimum Gasteiger partial charge on any atom is -0.352 e. The third-order valence-electron chi connectivity index (χ3n) is 4.43. The van der Waals surface area contributed by atoms with Crippen molar-refractivity contribution in [3.63, 3.8) is 0 Å². The van der Waals surface area contributed by atoms with Crippen molar-refractivity contribution in [2.45, 2.75) is 19.9 Å². The number of rotatable bonds is 4. The Morgan fingerprint density at radius 2 is 2.08 bits per heavy atom. The fourth-order valence-electron chi connectivity index (χ4n) is 2.92. The molecule has 1 saturated heterocycles. The van der Waals surface area contributed by atoms with Crippen molar-refractivity contribution in [1.82, 2.24) is 5.32 Å². The number of carbonyl (C=O) groups excluding carboxylic acids is 2. The molecule has 1 aliphatic heterocycles. The Bertz CT molecular complexity index is 825. The van der Waals surface area contributed by atoms with Gasteiger partial charge in [-0.2, -0.15) is 0 Å². The van der Waals surface area contributed by atoms with Crippen LogP contribution in [0.3, 0.4) is 0 Å². The predicted octanol–water partition coefficient (Wildman–Crippen LogP) is 3.46. The molecule has 1 heterocycles. The van der Waals surface area contributed by atoms with E-state index in [0.717, 1.165) is 11.1 Å². The van der Waals surface area contributed by atoms with Crippen LogP contribution in [0.4, 0.5) is 10.1 Å². The van der Waals surface area contributed by atoms with Crippen LogP contribution < -0.4 is 10.2 Å². The highest BCUT2D eigenvalue weighted by Gasteiger charge is 2.35. The van der Waals surface area contributed by atoms with Crippen LogP contribution >= 0.6 is 11.6 Å². The van der Waals surface area contributed by atoms with Gasteiger partial charge in [0.2, 0.25) is 11.8 Å². The topological polar surface area (TPSA) is 49.4 Å². The van der Waals surface area contributed by atoms with Gasteiger partial charge in [0, 0.05) is 25.2 Å². The molecule has 4 nitrogen and oxygen atoms in total. The van der Waals surface area contributed by atoms with E-state index in [1.54, 1.807) is 0 Å². The summed E-state index contributed by atoms with van der Waals surface area (Å²) >= 11 is 5.78. The zero-order valence-corrected chi connectivity index (χ0v) is 14.5. The molecule has 1 atom stereocenters. The summed E-state index contributed by atoms with van der Waals surface area (Å²) < 4.78 is 13.3. The quantitative estimate of drug-likeness (QED) is 0.907. The lowest BCUT2D eigenvalue weighted by Gasteiger charge is -2.17. The first-order chi connectivity index (χ1) is 12.0. The Labute approximate surface area is 150 Å². The standard InChI is InChI=1S/C19H18ClFN2O2/c1-12-4-2-3-5-13(12)10-22-19(25)14-8-18(24)23(11-14)15-6-7-17(21)16(20)9-15/h2-7,9,14H,8,10-11H2,1H3,(H,22,25). The Kier molecular flexibility index (Phi) is 5.04. The first-order valence-electron chi connectivity index (χ1n) is 8.03. The lowest BCUT2D eigenvalue weighted by Crippen LogP contribution is -2.32. The van der Waals surface area contributed by atoms with Gasteiger partial charge in [0.15, 0.2) is 0 Å². The van der Waals surface area contributed by atoms with Gasteiger partial charge >= 0.3 is 0 Å². The van der Waals surface area contributed by atoms with Crippen LogP contribution in [0.25, 0.3) is 0 Å². The van der Waals surface area contributed by atoms with E-state index in [-0.39, 0.29) is 29.8 Å². The summed E-state index contributed by atoms with van der Waals surface area (Å²) in [6.07, 6.45) is 0.134. The molecule has 1 fully saturated rings. The molecule has 0 spiro atoms. The Morgan fingerprint density at radius 1 is 1.32 bits per heavy atom. The van der Waals surface area contributed by atoms with Crippen molar-refractivity contribution in [1.29, 1.82) is 0 Å². The molecule has 0 saturated carbocycles. The van der Waals surface area contributed by atoms with E-state index in [1.165, 1.54) is 23.1 Å². The van der Waals surface area contributed by atoms with Crippen molar-refractivity contribution in [3.8, 4) is 0 Å². The number of amides is 2. The van der Waals surface area contributed by atoms with Crippen molar-refractivity contribution >= 4 is 29.1 Å². The maximum Gasteiger partial charge on any atom is 0.227 e. The summed E-state index contributed by atoms with van der Waals surface area (Å²) in [4.78, 5) is 26.1. The summed E-state index contributed by atoms with van der Waals surface area (Å²) in [5, 5.41) is 2.85. The van der Waals surface area contributed by atoms with Gasteiger partial charge in [-0.3, -0.25) is 9.59 Å². The molecule has 6 heteroatoms. The van der Waals surface area contributed by atoms with Crippen LogP contribution in [0.5, 0.6) is 0 Å². The number of aryl methyl sites for hydroxylation is 1. The SMILES string of the molecule is Cc1ccccc1CNC(=O)C1CC(=O)N(c2ccc(F)c(Cl)c2)C1. The van der Waals surface area contributed by atoms with Gasteiger partial charge in [-0.1, -0.05) is 35.9 Å². The van der Waals surface area contributed by atoms with Gasteiger partial charge in [-0.25, -0.2) is 4.39 Å². The van der Waals surface area contributed by atoms with E-state index in [2.05, 4.69) is 5.32 Å². The third kappa shape index (κ3) is 3.82. The highest BCUT2D eigenvalue weighted by atomic mass is 35.5. The Morgan fingerprint density at radius 3 is 2.80 bits per heavy atom. The molecular weight excluding hydrogens is 343 g/mol. The van der Waals surface area contributed by atoms with Crippen LogP contribution in [0.1, 0.15) is 17.5 Å². The normalized spacial score (nSPS) is 17.0. The van der Waals surface area contributed by atoms with Crippen molar-refractivity contribution in [2.24, 2.45) is 5.92 Å². The van der Waals surface area contributed by atoms with Crippen LogP contribution in [0.2, 0.25) is 5.02 Å². The Balaban J connectivity index is 1.64.